The van der Waals surface area contributed by atoms with Gasteiger partial charge in [-0.1, -0.05) is 44.7 Å². The van der Waals surface area contributed by atoms with Gasteiger partial charge < -0.3 is 11.1 Å². The molecule has 0 bridgehead atoms. The molecule has 130 valence electrons. The summed E-state index contributed by atoms with van der Waals surface area (Å²) in [4.78, 5) is 5.02. The number of allylic oxidation sites excluding steroid dienone is 2. The SMILES string of the molecule is C=c1cc2c(c3c(N)cccc13)=NC(=C/CC)/C(=C\C(C)NCC)C2. The number of fused-ring (bicyclic) bond motifs is 3. The van der Waals surface area contributed by atoms with Crippen LogP contribution in [-0.4, -0.2) is 12.6 Å². The summed E-state index contributed by atoms with van der Waals surface area (Å²) < 4.78 is 0. The first-order chi connectivity index (χ1) is 12.0. The first-order valence-corrected chi connectivity index (χ1v) is 9.07. The van der Waals surface area contributed by atoms with Crippen LogP contribution < -0.4 is 21.6 Å². The van der Waals surface area contributed by atoms with Gasteiger partial charge in [-0.25, -0.2) is 4.99 Å². The minimum absolute atomic E-state index is 0.321. The van der Waals surface area contributed by atoms with Crippen molar-refractivity contribution in [2.45, 2.75) is 39.7 Å². The van der Waals surface area contributed by atoms with Crippen LogP contribution in [0.5, 0.6) is 0 Å². The van der Waals surface area contributed by atoms with Crippen LogP contribution in [0.4, 0.5) is 5.69 Å². The van der Waals surface area contributed by atoms with E-state index >= 15 is 0 Å². The number of anilines is 1. The van der Waals surface area contributed by atoms with Crippen molar-refractivity contribution in [2.75, 3.05) is 12.3 Å². The number of nitrogen functional groups attached to an aromatic ring is 1. The topological polar surface area (TPSA) is 50.4 Å². The van der Waals surface area contributed by atoms with Gasteiger partial charge in [0.2, 0.25) is 0 Å². The number of nitrogens with zero attached hydrogens (tertiary/aromatic N) is 1. The van der Waals surface area contributed by atoms with Crippen molar-refractivity contribution >= 4 is 23.0 Å². The van der Waals surface area contributed by atoms with Crippen LogP contribution in [0.2, 0.25) is 0 Å². The molecule has 0 radical (unpaired) electrons. The van der Waals surface area contributed by atoms with Crippen LogP contribution >= 0.6 is 0 Å². The van der Waals surface area contributed by atoms with E-state index in [0.717, 1.165) is 52.1 Å². The van der Waals surface area contributed by atoms with Crippen LogP contribution in [0.15, 0.2) is 52.7 Å². The van der Waals surface area contributed by atoms with Gasteiger partial charge in [-0.2, -0.15) is 0 Å². The molecule has 1 aliphatic heterocycles. The zero-order valence-corrected chi connectivity index (χ0v) is 15.4. The van der Waals surface area contributed by atoms with Gasteiger partial charge in [0, 0.05) is 23.5 Å². The minimum atomic E-state index is 0.321. The van der Waals surface area contributed by atoms with Crippen LogP contribution in [0, 0.1) is 0 Å². The Morgan fingerprint density at radius 1 is 1.36 bits per heavy atom. The van der Waals surface area contributed by atoms with Gasteiger partial charge in [-0.3, -0.25) is 0 Å². The number of nitrogens with two attached hydrogens (primary N) is 1. The number of nitrogens with one attached hydrogen (secondary N) is 1. The molecule has 0 aliphatic carbocycles. The molecule has 2 aromatic carbocycles. The third-order valence-corrected chi connectivity index (χ3v) is 4.65. The molecule has 3 nitrogen and oxygen atoms in total. The molecule has 3 rings (SSSR count). The maximum Gasteiger partial charge on any atom is 0.0771 e. The second-order valence-corrected chi connectivity index (χ2v) is 6.64. The maximum absolute atomic E-state index is 6.29. The number of likely N-dealkylation sites (N-methyl/N-ethyl adjacent to an activating group) is 1. The van der Waals surface area contributed by atoms with E-state index < -0.39 is 0 Å². The van der Waals surface area contributed by atoms with Crippen molar-refractivity contribution in [1.29, 1.82) is 0 Å². The molecule has 1 aliphatic rings. The Labute approximate surface area is 149 Å². The molecule has 0 saturated carbocycles. The molecule has 0 amide bonds. The third-order valence-electron chi connectivity index (χ3n) is 4.65. The molecule has 1 unspecified atom stereocenters. The second-order valence-electron chi connectivity index (χ2n) is 6.64. The molecule has 3 N–H and O–H groups in total. The van der Waals surface area contributed by atoms with E-state index in [1.807, 2.05) is 12.1 Å². The predicted molar refractivity (Wildman–Crippen MR) is 108 cm³/mol. The van der Waals surface area contributed by atoms with Gasteiger partial charge in [0.25, 0.3) is 0 Å². The summed E-state index contributed by atoms with van der Waals surface area (Å²) >= 11 is 0. The molecule has 3 heteroatoms. The number of benzene rings is 2. The van der Waals surface area contributed by atoms with Crippen molar-refractivity contribution in [3.8, 4) is 0 Å². The first kappa shape index (κ1) is 17.4. The Morgan fingerprint density at radius 2 is 2.16 bits per heavy atom. The molecule has 1 atom stereocenters. The second kappa shape index (κ2) is 7.24. The monoisotopic (exact) mass is 333 g/mol. The quantitative estimate of drug-likeness (QED) is 0.844. The summed E-state index contributed by atoms with van der Waals surface area (Å²) in [6.45, 7) is 11.6. The highest BCUT2D eigenvalue weighted by Crippen LogP contribution is 2.24. The summed E-state index contributed by atoms with van der Waals surface area (Å²) in [5.41, 5.74) is 10.6. The lowest BCUT2D eigenvalue weighted by atomic mass is 9.92. The smallest absolute Gasteiger partial charge is 0.0771 e. The fourth-order valence-electron chi connectivity index (χ4n) is 3.57. The highest BCUT2D eigenvalue weighted by atomic mass is 14.9. The van der Waals surface area contributed by atoms with E-state index in [2.05, 4.69) is 57.0 Å². The van der Waals surface area contributed by atoms with Gasteiger partial charge in [0.15, 0.2) is 0 Å². The summed E-state index contributed by atoms with van der Waals surface area (Å²) in [5, 5.41) is 7.59. The Balaban J connectivity index is 2.26. The van der Waals surface area contributed by atoms with Crippen molar-refractivity contribution < 1.29 is 0 Å². The average Bonchev–Trinajstić information content (AvgIpc) is 2.57. The summed E-state index contributed by atoms with van der Waals surface area (Å²) in [5.74, 6) is 0. The summed E-state index contributed by atoms with van der Waals surface area (Å²) in [6.07, 6.45) is 6.32. The van der Waals surface area contributed by atoms with Gasteiger partial charge in [0.1, 0.15) is 0 Å². The summed E-state index contributed by atoms with van der Waals surface area (Å²) in [6, 6.07) is 8.48. The van der Waals surface area contributed by atoms with Crippen LogP contribution in [0.25, 0.3) is 17.4 Å². The molecule has 1 heterocycles. The van der Waals surface area contributed by atoms with E-state index in [9.17, 15) is 0 Å². The Bertz CT molecular complexity index is 967. The van der Waals surface area contributed by atoms with Gasteiger partial charge >= 0.3 is 0 Å². The first-order valence-electron chi connectivity index (χ1n) is 9.07. The van der Waals surface area contributed by atoms with Crippen molar-refractivity contribution in [2.24, 2.45) is 4.99 Å². The average molecular weight is 333 g/mol. The van der Waals surface area contributed by atoms with Gasteiger partial charge in [-0.05, 0) is 53.8 Å². The molecular weight excluding hydrogens is 306 g/mol. The molecule has 0 fully saturated rings. The van der Waals surface area contributed by atoms with Crippen LogP contribution in [-0.2, 0) is 6.42 Å². The van der Waals surface area contributed by atoms with E-state index in [1.165, 1.54) is 11.1 Å². The van der Waals surface area contributed by atoms with Crippen molar-refractivity contribution in [3.63, 3.8) is 0 Å². The fourth-order valence-corrected chi connectivity index (χ4v) is 3.57. The predicted octanol–water partition coefficient (Wildman–Crippen LogP) is 3.23. The van der Waals surface area contributed by atoms with E-state index in [4.69, 9.17) is 10.7 Å². The standard InChI is InChI=1S/C22H27N3/c1-5-8-20-16(12-15(4)24-6-2)13-17-11-14(3)18-9-7-10-19(23)21(18)22(17)25-20/h7-12,15,24H,3,5-6,13,23H2,1-2,4H3/b16-12-,20-8+. The van der Waals surface area contributed by atoms with E-state index in [0.29, 0.717) is 6.04 Å². The zero-order valence-electron chi connectivity index (χ0n) is 15.4. The highest BCUT2D eigenvalue weighted by molar-refractivity contribution is 5.93. The largest absolute Gasteiger partial charge is 0.398 e. The van der Waals surface area contributed by atoms with Crippen molar-refractivity contribution in [3.05, 3.63) is 63.8 Å². The molecule has 2 aromatic rings. The Morgan fingerprint density at radius 3 is 2.88 bits per heavy atom. The summed E-state index contributed by atoms with van der Waals surface area (Å²) in [7, 11) is 0. The zero-order chi connectivity index (χ0) is 18.0. The lowest BCUT2D eigenvalue weighted by Crippen LogP contribution is -2.26. The van der Waals surface area contributed by atoms with Crippen molar-refractivity contribution in [1.82, 2.24) is 5.32 Å². The lowest BCUT2D eigenvalue weighted by molar-refractivity contribution is 0.656. The maximum atomic E-state index is 6.29. The van der Waals surface area contributed by atoms with Gasteiger partial charge in [-0.15, -0.1) is 0 Å². The minimum Gasteiger partial charge on any atom is -0.398 e. The molecule has 0 saturated heterocycles. The molecule has 25 heavy (non-hydrogen) atoms. The Hall–Kier alpha value is -2.39. The number of hydrogen-bond donors (Lipinski definition) is 2. The van der Waals surface area contributed by atoms with E-state index in [-0.39, 0.29) is 0 Å². The number of hydrogen-bond acceptors (Lipinski definition) is 3. The van der Waals surface area contributed by atoms with Crippen LogP contribution in [0.1, 0.15) is 32.8 Å². The highest BCUT2D eigenvalue weighted by Gasteiger charge is 2.17. The molecular formula is C22H27N3. The van der Waals surface area contributed by atoms with Crippen LogP contribution in [0.3, 0.4) is 0 Å². The fraction of sp³-hybridized carbons (Fsp3) is 0.318. The van der Waals surface area contributed by atoms with Gasteiger partial charge in [0.05, 0.1) is 11.1 Å². The number of rotatable bonds is 4. The third kappa shape index (κ3) is 3.38. The van der Waals surface area contributed by atoms with E-state index in [1.54, 1.807) is 0 Å². The lowest BCUT2D eigenvalue weighted by Gasteiger charge is -2.19. The molecule has 0 spiro atoms. The molecule has 0 aromatic heterocycles. The Kier molecular flexibility index (Phi) is 5.05. The normalized spacial score (nSPS) is 18.4.